The van der Waals surface area contributed by atoms with Gasteiger partial charge in [0.15, 0.2) is 0 Å². The number of carbonyl (C=O) groups is 3. The van der Waals surface area contributed by atoms with Crippen LogP contribution in [0.15, 0.2) is 114 Å². The van der Waals surface area contributed by atoms with E-state index in [0.29, 0.717) is 28.4 Å². The van der Waals surface area contributed by atoms with Crippen molar-refractivity contribution in [2.45, 2.75) is 23.5 Å². The number of anilines is 3. The Balaban J connectivity index is 1.51. The molecule has 7 nitrogen and oxygen atoms in total. The Morgan fingerprint density at radius 3 is 2.23 bits per heavy atom. The average molecular weight is 613 g/mol. The van der Waals surface area contributed by atoms with Gasteiger partial charge >= 0.3 is 0 Å². The first-order chi connectivity index (χ1) is 20.7. The molecule has 0 aliphatic rings. The summed E-state index contributed by atoms with van der Waals surface area (Å²) in [5, 5.41) is 8.65. The normalized spacial score (nSPS) is 11.8. The van der Waals surface area contributed by atoms with Gasteiger partial charge in [0, 0.05) is 35.9 Å². The highest BCUT2D eigenvalue weighted by Crippen LogP contribution is 2.30. The Hall–Kier alpha value is -4.53. The van der Waals surface area contributed by atoms with E-state index in [9.17, 15) is 14.4 Å². The van der Waals surface area contributed by atoms with Crippen molar-refractivity contribution in [3.8, 4) is 0 Å². The molecule has 0 spiro atoms. The highest BCUT2D eigenvalue weighted by Gasteiger charge is 2.20. The fourth-order valence-electron chi connectivity index (χ4n) is 4.09. The molecule has 0 heterocycles. The quantitative estimate of drug-likeness (QED) is 0.122. The number of para-hydroxylation sites is 1. The summed E-state index contributed by atoms with van der Waals surface area (Å²) in [6.45, 7) is 1.94. The number of carbonyl (C=O) groups excluding carboxylic acids is 3. The second-order valence-corrected chi connectivity index (χ2v) is 11.5. The first-order valence-corrected chi connectivity index (χ1v) is 15.0. The third-order valence-corrected chi connectivity index (χ3v) is 8.10. The highest BCUT2D eigenvalue weighted by atomic mass is 35.5. The number of halogens is 1. The minimum Gasteiger partial charge on any atom is -0.378 e. The maximum absolute atomic E-state index is 13.5. The topological polar surface area (TPSA) is 90.5 Å². The van der Waals surface area contributed by atoms with Crippen molar-refractivity contribution in [3.63, 3.8) is 0 Å². The summed E-state index contributed by atoms with van der Waals surface area (Å²) < 4.78 is 0. The fraction of sp³-hybridized carbons (Fsp3) is 0.147. The molecule has 4 rings (SSSR count). The molecular weight excluding hydrogens is 580 g/mol. The fourth-order valence-corrected chi connectivity index (χ4v) is 5.28. The van der Waals surface area contributed by atoms with Gasteiger partial charge in [0.25, 0.3) is 11.8 Å². The van der Waals surface area contributed by atoms with Crippen molar-refractivity contribution in [3.05, 3.63) is 125 Å². The SMILES string of the molecule is CCC(Sc1cccc(NC(=O)/C(=C\c2ccc(N(C)C)cc2)NC(=O)c2ccccc2)c1)C(=O)Nc1ccccc1Cl. The molecule has 0 aliphatic heterocycles. The molecule has 9 heteroatoms. The summed E-state index contributed by atoms with van der Waals surface area (Å²) in [6, 6.07) is 30.7. The van der Waals surface area contributed by atoms with E-state index >= 15 is 0 Å². The number of hydrogen-bond acceptors (Lipinski definition) is 5. The average Bonchev–Trinajstić information content (AvgIpc) is 3.01. The molecule has 3 N–H and O–H groups in total. The van der Waals surface area contributed by atoms with Crippen molar-refractivity contribution in [1.82, 2.24) is 5.32 Å². The van der Waals surface area contributed by atoms with Crippen LogP contribution in [0.3, 0.4) is 0 Å². The van der Waals surface area contributed by atoms with Crippen molar-refractivity contribution in [2.24, 2.45) is 0 Å². The maximum Gasteiger partial charge on any atom is 0.272 e. The number of hydrogen-bond donors (Lipinski definition) is 3. The lowest BCUT2D eigenvalue weighted by Gasteiger charge is -2.16. The van der Waals surface area contributed by atoms with E-state index in [-0.39, 0.29) is 16.9 Å². The largest absolute Gasteiger partial charge is 0.378 e. The van der Waals surface area contributed by atoms with Gasteiger partial charge < -0.3 is 20.9 Å². The number of nitrogens with one attached hydrogen (secondary N) is 3. The van der Waals surface area contributed by atoms with Crippen LogP contribution in [-0.2, 0) is 9.59 Å². The number of amides is 3. The minimum absolute atomic E-state index is 0.0927. The Kier molecular flexibility index (Phi) is 11.0. The third-order valence-electron chi connectivity index (χ3n) is 6.41. The van der Waals surface area contributed by atoms with Gasteiger partial charge in [-0.25, -0.2) is 0 Å². The van der Waals surface area contributed by atoms with Gasteiger partial charge in [0.05, 0.1) is 16.0 Å². The minimum atomic E-state index is -0.480. The second kappa shape index (κ2) is 15.1. The van der Waals surface area contributed by atoms with Gasteiger partial charge in [0.1, 0.15) is 5.70 Å². The monoisotopic (exact) mass is 612 g/mol. The zero-order chi connectivity index (χ0) is 30.8. The lowest BCUT2D eigenvalue weighted by atomic mass is 10.1. The van der Waals surface area contributed by atoms with Crippen LogP contribution < -0.4 is 20.9 Å². The molecule has 0 aliphatic carbocycles. The lowest BCUT2D eigenvalue weighted by Crippen LogP contribution is -2.30. The molecular formula is C34H33ClN4O3S. The molecule has 4 aromatic carbocycles. The lowest BCUT2D eigenvalue weighted by molar-refractivity contribution is -0.116. The van der Waals surface area contributed by atoms with E-state index in [1.807, 2.05) is 74.4 Å². The number of benzene rings is 4. The first-order valence-electron chi connectivity index (χ1n) is 13.7. The Bertz CT molecular complexity index is 1610. The highest BCUT2D eigenvalue weighted by molar-refractivity contribution is 8.00. The summed E-state index contributed by atoms with van der Waals surface area (Å²) >= 11 is 7.60. The zero-order valence-corrected chi connectivity index (χ0v) is 25.7. The Morgan fingerprint density at radius 1 is 0.860 bits per heavy atom. The van der Waals surface area contributed by atoms with Crippen molar-refractivity contribution in [1.29, 1.82) is 0 Å². The maximum atomic E-state index is 13.5. The van der Waals surface area contributed by atoms with Crippen LogP contribution in [-0.4, -0.2) is 37.1 Å². The molecule has 220 valence electrons. The van der Waals surface area contributed by atoms with Gasteiger partial charge in [-0.2, -0.15) is 0 Å². The third kappa shape index (κ3) is 8.98. The Labute approximate surface area is 261 Å². The summed E-state index contributed by atoms with van der Waals surface area (Å²) in [4.78, 5) is 42.3. The molecule has 0 saturated carbocycles. The molecule has 1 unspecified atom stereocenters. The predicted octanol–water partition coefficient (Wildman–Crippen LogP) is 7.33. The van der Waals surface area contributed by atoms with Crippen molar-refractivity contribution < 1.29 is 14.4 Å². The van der Waals surface area contributed by atoms with Gasteiger partial charge in [-0.1, -0.05) is 67.1 Å². The summed E-state index contributed by atoms with van der Waals surface area (Å²) in [5.74, 6) is -1.04. The molecule has 0 bridgehead atoms. The van der Waals surface area contributed by atoms with Crippen LogP contribution in [0.25, 0.3) is 6.08 Å². The zero-order valence-electron chi connectivity index (χ0n) is 24.1. The molecule has 4 aromatic rings. The molecule has 0 aromatic heterocycles. The van der Waals surface area contributed by atoms with E-state index in [1.54, 1.807) is 60.7 Å². The van der Waals surface area contributed by atoms with Crippen LogP contribution in [0.2, 0.25) is 5.02 Å². The van der Waals surface area contributed by atoms with Gasteiger partial charge in [-0.05, 0) is 72.7 Å². The first kappa shape index (κ1) is 31.4. The summed E-state index contributed by atoms with van der Waals surface area (Å²) in [5.41, 5.74) is 3.38. The van der Waals surface area contributed by atoms with Gasteiger partial charge in [-0.15, -0.1) is 11.8 Å². The van der Waals surface area contributed by atoms with E-state index in [1.165, 1.54) is 11.8 Å². The van der Waals surface area contributed by atoms with Crippen LogP contribution in [0.1, 0.15) is 29.3 Å². The molecule has 3 amide bonds. The summed E-state index contributed by atoms with van der Waals surface area (Å²) in [7, 11) is 3.90. The van der Waals surface area contributed by atoms with Crippen molar-refractivity contribution in [2.75, 3.05) is 29.6 Å². The molecule has 0 saturated heterocycles. The van der Waals surface area contributed by atoms with Crippen molar-refractivity contribution >= 4 is 64.2 Å². The smallest absolute Gasteiger partial charge is 0.272 e. The molecule has 43 heavy (non-hydrogen) atoms. The summed E-state index contributed by atoms with van der Waals surface area (Å²) in [6.07, 6.45) is 2.23. The van der Waals surface area contributed by atoms with E-state index < -0.39 is 11.8 Å². The van der Waals surface area contributed by atoms with Crippen LogP contribution in [0.4, 0.5) is 17.1 Å². The van der Waals surface area contributed by atoms with Crippen LogP contribution in [0, 0.1) is 0 Å². The molecule has 0 radical (unpaired) electrons. The predicted molar refractivity (Wildman–Crippen MR) is 178 cm³/mol. The number of rotatable bonds is 11. The number of thioether (sulfide) groups is 1. The van der Waals surface area contributed by atoms with Crippen LogP contribution in [0.5, 0.6) is 0 Å². The molecule has 0 fully saturated rings. The Morgan fingerprint density at radius 2 is 1.56 bits per heavy atom. The second-order valence-electron chi connectivity index (χ2n) is 9.83. The standard InChI is InChI=1S/C34H33ClN4O3S/c1-4-31(34(42)37-29-16-9-8-15-28(29)35)43-27-14-10-13-25(22-27)36-33(41)30(38-32(40)24-11-6-5-7-12-24)21-23-17-19-26(20-18-23)39(2)3/h5-22,31H,4H2,1-3H3,(H,36,41)(H,37,42)(H,38,40)/b30-21+. The van der Waals surface area contributed by atoms with Gasteiger partial charge in [-0.3, -0.25) is 14.4 Å². The van der Waals surface area contributed by atoms with E-state index in [0.717, 1.165) is 16.1 Å². The van der Waals surface area contributed by atoms with E-state index in [4.69, 9.17) is 11.6 Å². The molecule has 1 atom stereocenters. The van der Waals surface area contributed by atoms with Gasteiger partial charge in [0.2, 0.25) is 5.91 Å². The van der Waals surface area contributed by atoms with E-state index in [2.05, 4.69) is 16.0 Å². The van der Waals surface area contributed by atoms with Crippen LogP contribution >= 0.6 is 23.4 Å². The number of nitrogens with zero attached hydrogens (tertiary/aromatic N) is 1.